The van der Waals surface area contributed by atoms with Gasteiger partial charge >= 0.3 is 6.09 Å². The number of aromatic nitrogens is 1. The number of aliphatic hydroxyl groups is 1. The summed E-state index contributed by atoms with van der Waals surface area (Å²) in [6.07, 6.45) is 1.24. The molecule has 16 heteroatoms. The van der Waals surface area contributed by atoms with E-state index in [0.29, 0.717) is 18.5 Å². The van der Waals surface area contributed by atoms with Crippen molar-refractivity contribution >= 4 is 52.7 Å². The molecule has 0 spiro atoms. The summed E-state index contributed by atoms with van der Waals surface area (Å²) in [5, 5.41) is 22.0. The highest BCUT2D eigenvalue weighted by molar-refractivity contribution is 7.13. The van der Waals surface area contributed by atoms with Gasteiger partial charge in [0.1, 0.15) is 23.7 Å². The molecule has 0 radical (unpaired) electrons. The first-order chi connectivity index (χ1) is 29.0. The Labute approximate surface area is 369 Å². The van der Waals surface area contributed by atoms with Gasteiger partial charge in [0.25, 0.3) is 0 Å². The number of carbonyl (C=O) groups excluding carboxylic acids is 6. The van der Waals surface area contributed by atoms with Crippen molar-refractivity contribution in [3.63, 3.8) is 0 Å². The lowest BCUT2D eigenvalue weighted by Gasteiger charge is -2.35. The van der Waals surface area contributed by atoms with Crippen LogP contribution in [0.25, 0.3) is 10.4 Å². The van der Waals surface area contributed by atoms with Gasteiger partial charge in [0.2, 0.25) is 29.5 Å². The van der Waals surface area contributed by atoms with Crippen molar-refractivity contribution in [2.75, 3.05) is 11.9 Å². The van der Waals surface area contributed by atoms with E-state index in [1.54, 1.807) is 38.2 Å². The molecule has 2 heterocycles. The number of anilines is 1. The number of nitrogens with zero attached hydrogens (tertiary/aromatic N) is 2. The monoisotopic (exact) mass is 875 g/mol. The molecule has 2 aromatic carbocycles. The number of alkyl carbamates (subject to hydrolysis) is 1. The molecule has 15 nitrogen and oxygen atoms in total. The van der Waals surface area contributed by atoms with Gasteiger partial charge in [-0.25, -0.2) is 9.78 Å². The zero-order valence-corrected chi connectivity index (χ0v) is 38.4. The summed E-state index contributed by atoms with van der Waals surface area (Å²) < 4.78 is 5.30. The highest BCUT2D eigenvalue weighted by Crippen LogP contribution is 2.30. The van der Waals surface area contributed by atoms with E-state index < -0.39 is 59.1 Å². The largest absolute Gasteiger partial charge is 0.444 e. The van der Waals surface area contributed by atoms with E-state index in [-0.39, 0.29) is 50.1 Å². The summed E-state index contributed by atoms with van der Waals surface area (Å²) in [6, 6.07) is 10.4. The van der Waals surface area contributed by atoms with E-state index in [1.807, 2.05) is 83.5 Å². The number of nitrogens with two attached hydrogens (primary N) is 1. The number of β-amino-alcohol motifs (C(OH)–C–C–N with tert-alkyl or cyclic N) is 1. The van der Waals surface area contributed by atoms with Crippen LogP contribution in [-0.4, -0.2) is 87.0 Å². The van der Waals surface area contributed by atoms with Crippen molar-refractivity contribution < 1.29 is 38.6 Å². The van der Waals surface area contributed by atoms with Crippen molar-refractivity contribution in [3.8, 4) is 10.4 Å². The number of rotatable bonds is 18. The molecule has 7 N–H and O–H groups in total. The molecule has 62 heavy (non-hydrogen) atoms. The zero-order chi connectivity index (χ0) is 45.9. The van der Waals surface area contributed by atoms with Crippen molar-refractivity contribution in [2.45, 2.75) is 150 Å². The van der Waals surface area contributed by atoms with Gasteiger partial charge in [0.15, 0.2) is 0 Å². The van der Waals surface area contributed by atoms with E-state index in [9.17, 15) is 33.9 Å². The number of amides is 6. The summed E-state index contributed by atoms with van der Waals surface area (Å²) in [7, 11) is 0. The van der Waals surface area contributed by atoms with Crippen molar-refractivity contribution in [1.29, 1.82) is 0 Å². The second-order valence-corrected chi connectivity index (χ2v) is 19.2. The van der Waals surface area contributed by atoms with Crippen LogP contribution in [0, 0.1) is 19.3 Å². The smallest absolute Gasteiger partial charge is 0.408 e. The minimum Gasteiger partial charge on any atom is -0.444 e. The van der Waals surface area contributed by atoms with Crippen molar-refractivity contribution in [3.05, 3.63) is 70.4 Å². The minimum absolute atomic E-state index is 0.00128. The molecule has 5 atom stereocenters. The molecule has 338 valence electrons. The van der Waals surface area contributed by atoms with E-state index in [1.165, 1.54) is 4.90 Å². The molecule has 0 bridgehead atoms. The third-order valence-corrected chi connectivity index (χ3v) is 11.5. The molecule has 6 amide bonds. The lowest BCUT2D eigenvalue weighted by Crippen LogP contribution is -2.57. The van der Waals surface area contributed by atoms with Gasteiger partial charge in [0, 0.05) is 31.5 Å². The van der Waals surface area contributed by atoms with E-state index in [2.05, 4.69) is 26.3 Å². The predicted octanol–water partition coefficient (Wildman–Crippen LogP) is 6.00. The zero-order valence-electron chi connectivity index (χ0n) is 37.6. The quantitative estimate of drug-likeness (QED) is 0.0825. The Hall–Kier alpha value is -5.35. The molecule has 1 aliphatic heterocycles. The molecule has 3 aromatic rings. The number of primary amides is 1. The fourth-order valence-corrected chi connectivity index (χ4v) is 8.17. The number of likely N-dealkylation sites (tertiary alicyclic amines) is 1. The number of nitrogens with one attached hydrogen (secondary N) is 4. The van der Waals surface area contributed by atoms with Crippen LogP contribution < -0.4 is 27.0 Å². The SMILES string of the molecule is Cc1cc(CCCCCC(=O)N[C@H](C(=O)N2C[C@H](O)C[C@H]2C(=O)N[C@@H](C)c2ccc(-c3scnc3C)cc2)C(C)(C)C)cc(NC(=O)[C@H](CCC(N)=O)NC(=O)OC(C)(C)C)c1. The number of thiazole rings is 1. The number of aryl methyl sites for hydroxylation is 3. The molecule has 0 unspecified atom stereocenters. The first kappa shape index (κ1) is 49.3. The molecule has 1 fully saturated rings. The average molecular weight is 876 g/mol. The molecular weight excluding hydrogens is 811 g/mol. The number of aliphatic hydroxyl groups excluding tert-OH is 1. The second-order valence-electron chi connectivity index (χ2n) is 18.3. The molecule has 1 saturated heterocycles. The maximum absolute atomic E-state index is 14.1. The first-order valence-electron chi connectivity index (χ1n) is 21.3. The lowest BCUT2D eigenvalue weighted by atomic mass is 9.85. The Morgan fingerprint density at radius 3 is 2.24 bits per heavy atom. The molecule has 1 aliphatic rings. The van der Waals surface area contributed by atoms with Gasteiger partial charge in [-0.2, -0.15) is 0 Å². The van der Waals surface area contributed by atoms with Gasteiger partial charge in [-0.1, -0.05) is 57.5 Å². The Bertz CT molecular complexity index is 2060. The Morgan fingerprint density at radius 1 is 0.935 bits per heavy atom. The minimum atomic E-state index is -1.05. The highest BCUT2D eigenvalue weighted by Gasteiger charge is 2.44. The van der Waals surface area contributed by atoms with Gasteiger partial charge in [0.05, 0.1) is 28.2 Å². The Morgan fingerprint density at radius 2 is 1.63 bits per heavy atom. The summed E-state index contributed by atoms with van der Waals surface area (Å²) in [6.45, 7) is 16.4. The maximum atomic E-state index is 14.1. The van der Waals surface area contributed by atoms with Crippen LogP contribution in [0.4, 0.5) is 10.5 Å². The number of benzene rings is 2. The molecule has 1 aromatic heterocycles. The summed E-state index contributed by atoms with van der Waals surface area (Å²) in [5.41, 5.74) is 11.0. The predicted molar refractivity (Wildman–Crippen MR) is 240 cm³/mol. The van der Waals surface area contributed by atoms with Gasteiger partial charge in [-0.15, -0.1) is 11.3 Å². The van der Waals surface area contributed by atoms with Crippen LogP contribution in [0.15, 0.2) is 48.0 Å². The molecule has 4 rings (SSSR count). The highest BCUT2D eigenvalue weighted by atomic mass is 32.1. The van der Waals surface area contributed by atoms with Gasteiger partial charge in [-0.05, 0) is 107 Å². The van der Waals surface area contributed by atoms with Crippen LogP contribution in [-0.2, 0) is 35.1 Å². The van der Waals surface area contributed by atoms with Gasteiger partial charge < -0.3 is 41.7 Å². The van der Waals surface area contributed by atoms with Crippen LogP contribution in [0.3, 0.4) is 0 Å². The third-order valence-electron chi connectivity index (χ3n) is 10.5. The molecule has 0 saturated carbocycles. The third kappa shape index (κ3) is 14.9. The number of unbranched alkanes of at least 4 members (excludes halogenated alkanes) is 2. The average Bonchev–Trinajstić information content (AvgIpc) is 3.78. The Balaban J connectivity index is 1.29. The van der Waals surface area contributed by atoms with Gasteiger partial charge in [-0.3, -0.25) is 24.0 Å². The molecular formula is C46H65N7O8S. The molecule has 0 aliphatic carbocycles. The maximum Gasteiger partial charge on any atom is 0.408 e. The number of carbonyl (C=O) groups is 6. The number of hydrogen-bond donors (Lipinski definition) is 6. The van der Waals surface area contributed by atoms with Crippen LogP contribution in [0.5, 0.6) is 0 Å². The number of ether oxygens (including phenoxy) is 1. The summed E-state index contributed by atoms with van der Waals surface area (Å²) >= 11 is 1.57. The van der Waals surface area contributed by atoms with Crippen LogP contribution >= 0.6 is 11.3 Å². The van der Waals surface area contributed by atoms with Crippen molar-refractivity contribution in [1.82, 2.24) is 25.8 Å². The van der Waals surface area contributed by atoms with Crippen LogP contribution in [0.1, 0.15) is 122 Å². The fourth-order valence-electron chi connectivity index (χ4n) is 7.35. The number of hydrogen-bond acceptors (Lipinski definition) is 10. The normalized spacial score (nSPS) is 16.8. The standard InChI is InChI=1S/C46H65N7O8S/c1-27-21-30(23-33(22-27)50-41(57)35(19-20-37(47)55)51-44(60)61-46(7,8)9)13-11-10-12-14-38(56)52-40(45(4,5)6)43(59)53-25-34(54)24-36(53)42(58)49-28(2)31-15-17-32(18-16-31)39-29(3)48-26-62-39/h15-18,21-23,26,28,34-36,40,54H,10-14,19-20,24-25H2,1-9H3,(H2,47,55)(H,49,58)(H,50,57)(H,51,60)(H,52,56)/t28-,34+,35-,36-,40+/m0/s1. The summed E-state index contributed by atoms with van der Waals surface area (Å²) in [5.74, 6) is -2.18. The Kier molecular flexibility index (Phi) is 17.2. The first-order valence-corrected chi connectivity index (χ1v) is 22.2. The van der Waals surface area contributed by atoms with E-state index >= 15 is 0 Å². The second kappa shape index (κ2) is 21.6. The van der Waals surface area contributed by atoms with E-state index in [4.69, 9.17) is 10.5 Å². The van der Waals surface area contributed by atoms with E-state index in [0.717, 1.165) is 45.7 Å². The summed E-state index contributed by atoms with van der Waals surface area (Å²) in [4.78, 5) is 85.0. The lowest BCUT2D eigenvalue weighted by molar-refractivity contribution is -0.144. The topological polar surface area (TPSA) is 222 Å². The fraction of sp³-hybridized carbons (Fsp3) is 0.543. The van der Waals surface area contributed by atoms with Crippen molar-refractivity contribution in [2.24, 2.45) is 11.1 Å². The van der Waals surface area contributed by atoms with Crippen LogP contribution in [0.2, 0.25) is 0 Å².